The van der Waals surface area contributed by atoms with Gasteiger partial charge in [-0.05, 0) is 209 Å². The van der Waals surface area contributed by atoms with Gasteiger partial charge in [0.1, 0.15) is 0 Å². The molecule has 0 aliphatic rings. The van der Waals surface area contributed by atoms with E-state index in [4.69, 9.17) is 66.3 Å². The zero-order chi connectivity index (χ0) is 90.2. The molecule has 0 spiro atoms. The van der Waals surface area contributed by atoms with Gasteiger partial charge in [-0.25, -0.2) is 19.9 Å². The highest BCUT2D eigenvalue weighted by molar-refractivity contribution is 6.30. The molecule has 5 heterocycles. The molecule has 24 rings (SSSR count). The number of fused-ring (bicyclic) bond motifs is 11. The van der Waals surface area contributed by atoms with Crippen LogP contribution < -0.4 is 0 Å². The third-order valence-electron chi connectivity index (χ3n) is 23.5. The Hall–Kier alpha value is -16.7. The number of pyridine rings is 1. The lowest BCUT2D eigenvalue weighted by Gasteiger charge is -2.12. The van der Waals surface area contributed by atoms with E-state index in [0.29, 0.717) is 46.6 Å². The van der Waals surface area contributed by atoms with Crippen molar-refractivity contribution in [1.29, 1.82) is 0 Å². The van der Waals surface area contributed by atoms with E-state index >= 15 is 0 Å². The van der Waals surface area contributed by atoms with Gasteiger partial charge in [-0.3, -0.25) is 4.98 Å². The summed E-state index contributed by atoms with van der Waals surface area (Å²) in [4.78, 5) is 59.0. The molecule has 0 aliphatic carbocycles. The summed E-state index contributed by atoms with van der Waals surface area (Å²) in [5.41, 5.74) is 18.3. The third kappa shape index (κ3) is 18.0. The van der Waals surface area contributed by atoms with Crippen LogP contribution in [0.15, 0.2) is 443 Å². The van der Waals surface area contributed by atoms with Gasteiger partial charge in [0.15, 0.2) is 46.6 Å². The lowest BCUT2D eigenvalue weighted by Crippen LogP contribution is -1.98. The van der Waals surface area contributed by atoms with Crippen molar-refractivity contribution in [3.05, 3.63) is 464 Å². The number of halogens is 4. The molecule has 17 heteroatoms. The Morgan fingerprint density at radius 3 is 0.978 bits per heavy atom. The van der Waals surface area contributed by atoms with Crippen LogP contribution in [0.5, 0.6) is 0 Å². The molecular weight excluding hydrogens is 1730 g/mol. The molecule has 0 aliphatic heterocycles. The Labute approximate surface area is 791 Å². The molecule has 0 saturated carbocycles. The van der Waals surface area contributed by atoms with E-state index < -0.39 is 0 Å². The molecule has 0 N–H and O–H groups in total. The van der Waals surface area contributed by atoms with Crippen molar-refractivity contribution in [2.75, 3.05) is 0 Å². The van der Waals surface area contributed by atoms with Gasteiger partial charge in [0.2, 0.25) is 21.1 Å². The Morgan fingerprint density at radius 1 is 0.134 bits per heavy atom. The maximum Gasteiger partial charge on any atom is 0.226 e. The van der Waals surface area contributed by atoms with Crippen LogP contribution in [0, 0.1) is 0 Å². The van der Waals surface area contributed by atoms with Crippen LogP contribution in [-0.4, -0.2) is 64.8 Å². The number of rotatable bonds is 13. The minimum atomic E-state index is 0.159. The monoisotopic (exact) mass is 1800 g/mol. The first-order valence-corrected chi connectivity index (χ1v) is 45.0. The quantitative estimate of drug-likeness (QED) is 0.100. The van der Waals surface area contributed by atoms with Crippen molar-refractivity contribution in [3.8, 4) is 147 Å². The number of benzene rings is 19. The average Bonchev–Trinajstić information content (AvgIpc) is 0.736. The molecule has 24 aromatic rings. The minimum absolute atomic E-state index is 0.159. The molecule has 0 unspecified atom stereocenters. The largest absolute Gasteiger partial charge is 0.256 e. The van der Waals surface area contributed by atoms with Gasteiger partial charge in [0.05, 0.1) is 5.69 Å². The van der Waals surface area contributed by atoms with Crippen LogP contribution >= 0.6 is 46.4 Å². The Morgan fingerprint density at radius 2 is 0.433 bits per heavy atom. The van der Waals surface area contributed by atoms with E-state index in [0.717, 1.165) is 99.4 Å². The van der Waals surface area contributed by atoms with Gasteiger partial charge in [0.25, 0.3) is 0 Å². The molecule has 0 saturated heterocycles. The fraction of sp³-hybridized carbons (Fsp3) is 0. The maximum atomic E-state index is 6.42. The van der Waals surface area contributed by atoms with Crippen LogP contribution in [0.2, 0.25) is 21.1 Å². The predicted molar refractivity (Wildman–Crippen MR) is 550 cm³/mol. The summed E-state index contributed by atoms with van der Waals surface area (Å²) >= 11 is 25.4. The summed E-state index contributed by atoms with van der Waals surface area (Å²) < 4.78 is 0. The zero-order valence-electron chi connectivity index (χ0n) is 71.5. The average molecular weight is 1800 g/mol. The van der Waals surface area contributed by atoms with Gasteiger partial charge >= 0.3 is 0 Å². The fourth-order valence-corrected chi connectivity index (χ4v) is 17.8. The van der Waals surface area contributed by atoms with Crippen LogP contribution in [-0.2, 0) is 0 Å². The van der Waals surface area contributed by atoms with Crippen molar-refractivity contribution < 1.29 is 0 Å². The first-order chi connectivity index (χ1) is 66.0. The molecule has 0 bridgehead atoms. The minimum Gasteiger partial charge on any atom is -0.256 e. The maximum absolute atomic E-state index is 6.42. The summed E-state index contributed by atoms with van der Waals surface area (Å²) in [6.45, 7) is 0. The molecule has 5 aromatic heterocycles. The van der Waals surface area contributed by atoms with E-state index in [9.17, 15) is 0 Å². The molecule has 634 valence electrons. The standard InChI is InChI=1S/C32H19ClN4.C31H20ClN3.C29H18ClN3.C25H16ClN3/c33-32-36-30(21-9-7-8-20(18-21)29-14-5-6-17-34-29)35-31(37-32)22-15-16-27-25-12-2-1-10-23(25)24-11-3-4-13-26(24)28(27)19-22;32-31-34-29(24-16-14-22(15-17-24)21-8-3-1-4-9-21)33-30(35-31)26-18-19-28-25(20-26)12-7-13-27(28)23-10-5-2-6-11-23;30-29-32-27(22-16-17-25-21(18-22)15-14-20-10-4-5-11-23(20)25)31-28(33-29)26-13-7-6-12-24(26)19-8-2-1-3-9-19;26-25-28-23(18-11-5-2-6-12-18)27-24(29-25)22-16-15-19(17-9-3-1-4-10-17)20-13-7-8-14-21(20)22/h1-19H;1-20H;1-18H;1-16H. The van der Waals surface area contributed by atoms with Crippen LogP contribution in [0.25, 0.3) is 222 Å². The Kier molecular flexibility index (Phi) is 24.0. The highest BCUT2D eigenvalue weighted by atomic mass is 35.5. The van der Waals surface area contributed by atoms with E-state index in [1.807, 2.05) is 176 Å². The van der Waals surface area contributed by atoms with Crippen molar-refractivity contribution >= 4 is 122 Å². The highest BCUT2D eigenvalue weighted by Gasteiger charge is 2.21. The fourth-order valence-electron chi connectivity index (χ4n) is 17.2. The lowest BCUT2D eigenvalue weighted by atomic mass is 9.93. The number of aromatic nitrogens is 13. The van der Waals surface area contributed by atoms with E-state index in [-0.39, 0.29) is 21.1 Å². The van der Waals surface area contributed by atoms with Crippen molar-refractivity contribution in [2.45, 2.75) is 0 Å². The summed E-state index contributed by atoms with van der Waals surface area (Å²) in [6.07, 6.45) is 1.78. The van der Waals surface area contributed by atoms with Gasteiger partial charge < -0.3 is 0 Å². The van der Waals surface area contributed by atoms with Gasteiger partial charge in [-0.15, -0.1) is 0 Å². The molecule has 0 radical (unpaired) electrons. The molecule has 0 atom stereocenters. The van der Waals surface area contributed by atoms with E-state index in [1.54, 1.807) is 6.20 Å². The zero-order valence-corrected chi connectivity index (χ0v) is 74.5. The van der Waals surface area contributed by atoms with E-state index in [1.165, 1.54) is 76.3 Å². The number of nitrogens with zero attached hydrogens (tertiary/aromatic N) is 13. The van der Waals surface area contributed by atoms with Gasteiger partial charge in [-0.1, -0.05) is 394 Å². The van der Waals surface area contributed by atoms with Crippen molar-refractivity contribution in [2.24, 2.45) is 0 Å². The van der Waals surface area contributed by atoms with Crippen LogP contribution in [0.3, 0.4) is 0 Å². The van der Waals surface area contributed by atoms with Crippen LogP contribution in [0.1, 0.15) is 0 Å². The summed E-state index contributed by atoms with van der Waals surface area (Å²) in [7, 11) is 0. The lowest BCUT2D eigenvalue weighted by molar-refractivity contribution is 1.07. The Balaban J connectivity index is 0.000000108. The SMILES string of the molecule is Clc1nc(-c2ccc(-c3ccccc3)cc2)nc(-c2ccc3c(-c4ccccc4)cccc3c2)n1.Clc1nc(-c2ccc3c(ccc4ccccc43)c2)nc(-c2ccccc2-c2ccccc2)n1.Clc1nc(-c2cccc(-c3ccccn3)c2)nc(-c2ccc3c4ccccc4c4ccccc4c3c2)n1.Clc1nc(-c2ccccc2)nc(-c2ccc(-c3ccccc3)c3ccccc23)n1. The molecule has 0 fully saturated rings. The molecule has 134 heavy (non-hydrogen) atoms. The first-order valence-electron chi connectivity index (χ1n) is 43.5. The molecule has 19 aromatic carbocycles. The van der Waals surface area contributed by atoms with Crippen molar-refractivity contribution in [1.82, 2.24) is 64.8 Å². The Bertz CT molecular complexity index is 8450. The normalized spacial score (nSPS) is 11.1. The molecule has 13 nitrogen and oxygen atoms in total. The second kappa shape index (κ2) is 38.2. The summed E-state index contributed by atoms with van der Waals surface area (Å²) in [5.74, 6) is 4.42. The van der Waals surface area contributed by atoms with Crippen LogP contribution in [0.4, 0.5) is 0 Å². The smallest absolute Gasteiger partial charge is 0.226 e. The second-order valence-electron chi connectivity index (χ2n) is 31.8. The summed E-state index contributed by atoms with van der Waals surface area (Å²) in [5, 5.41) is 17.3. The van der Waals surface area contributed by atoms with Crippen molar-refractivity contribution in [3.63, 3.8) is 0 Å². The molecule has 0 amide bonds. The van der Waals surface area contributed by atoms with Gasteiger partial charge in [0, 0.05) is 56.3 Å². The number of hydrogen-bond donors (Lipinski definition) is 0. The van der Waals surface area contributed by atoms with E-state index in [2.05, 4.69) is 306 Å². The number of hydrogen-bond acceptors (Lipinski definition) is 13. The predicted octanol–water partition coefficient (Wildman–Crippen LogP) is 31.2. The summed E-state index contributed by atoms with van der Waals surface area (Å²) in [6, 6.07) is 149. The molecular formula is C117H73Cl4N13. The highest BCUT2D eigenvalue weighted by Crippen LogP contribution is 2.42. The topological polar surface area (TPSA) is 168 Å². The third-order valence-corrected chi connectivity index (χ3v) is 24.2. The second-order valence-corrected chi connectivity index (χ2v) is 33.1. The van der Waals surface area contributed by atoms with Gasteiger partial charge in [-0.2, -0.15) is 39.9 Å². The first kappa shape index (κ1) is 84.2.